The van der Waals surface area contributed by atoms with Crippen molar-refractivity contribution < 1.29 is 27.2 Å². The summed E-state index contributed by atoms with van der Waals surface area (Å²) < 4.78 is 35.1. The molecule has 0 radical (unpaired) electrons. The van der Waals surface area contributed by atoms with Gasteiger partial charge in [-0.15, -0.1) is 0 Å². The van der Waals surface area contributed by atoms with Gasteiger partial charge in [0, 0.05) is 6.92 Å². The quantitative estimate of drug-likeness (QED) is 0.392. The molecule has 38 heavy (non-hydrogen) atoms. The minimum Gasteiger partial charge on any atom is -0.455 e. The van der Waals surface area contributed by atoms with Gasteiger partial charge in [-0.1, -0.05) is 55.4 Å². The lowest BCUT2D eigenvalue weighted by Crippen LogP contribution is -2.66. The van der Waals surface area contributed by atoms with E-state index in [1.807, 2.05) is 0 Å². The van der Waals surface area contributed by atoms with Crippen molar-refractivity contribution in [2.24, 2.45) is 0 Å². The maximum absolute atomic E-state index is 12.4. The van der Waals surface area contributed by atoms with Crippen LogP contribution < -0.4 is 11.3 Å². The molecule has 0 saturated carbocycles. The molecule has 4 heterocycles. The molecular formula is C24H41N5O7Si2. The Bertz CT molecular complexity index is 1210. The van der Waals surface area contributed by atoms with E-state index < -0.39 is 53.2 Å². The van der Waals surface area contributed by atoms with Gasteiger partial charge in [0.2, 0.25) is 5.95 Å². The lowest BCUT2D eigenvalue weighted by molar-refractivity contribution is -0.155. The molecule has 1 unspecified atom stereocenters. The Morgan fingerprint density at radius 3 is 2.26 bits per heavy atom. The summed E-state index contributed by atoms with van der Waals surface area (Å²) in [5, 5.41) is 0. The number of nitrogens with two attached hydrogens (primary N) is 1. The number of rotatable bonds is 6. The Labute approximate surface area is 225 Å². The van der Waals surface area contributed by atoms with E-state index in [0.717, 1.165) is 0 Å². The molecule has 4 rings (SSSR count). The van der Waals surface area contributed by atoms with Gasteiger partial charge in [-0.3, -0.25) is 19.1 Å². The molecule has 0 amide bonds. The fourth-order valence-corrected chi connectivity index (χ4v) is 17.0. The maximum atomic E-state index is 12.4. The molecule has 2 saturated heterocycles. The number of carbonyl (C=O) groups is 1. The average Bonchev–Trinajstić information content (AvgIpc) is 3.34. The van der Waals surface area contributed by atoms with Gasteiger partial charge in [0.05, 0.1) is 12.9 Å². The highest BCUT2D eigenvalue weighted by Crippen LogP contribution is 2.49. The Balaban J connectivity index is 1.86. The van der Waals surface area contributed by atoms with Gasteiger partial charge in [-0.2, -0.15) is 4.98 Å². The van der Waals surface area contributed by atoms with Crippen molar-refractivity contribution in [2.75, 3.05) is 12.3 Å². The molecule has 2 aromatic rings. The number of aromatic amines is 1. The molecule has 2 fully saturated rings. The van der Waals surface area contributed by atoms with Crippen LogP contribution in [0.4, 0.5) is 5.95 Å². The first kappa shape index (κ1) is 28.9. The number of nitrogen functional groups attached to an aromatic ring is 1. The number of hydrogen-bond acceptors (Lipinski definition) is 10. The number of fused-ring (bicyclic) bond motifs is 2. The maximum Gasteiger partial charge on any atom is 0.335 e. The SMILES string of the molecule is CC(=O)OC1[C@H]2O[Si](C(C)C)(C(C)C)O[Si](C(C)C)(C(C)C)OC[C@H]2O[C@H]1n1cnc2c(=O)[nH]c(N)nc21. The number of hydrogen-bond donors (Lipinski definition) is 2. The number of anilines is 1. The first-order valence-corrected chi connectivity index (χ1v) is 17.2. The van der Waals surface area contributed by atoms with Crippen LogP contribution in [0.2, 0.25) is 22.2 Å². The molecule has 0 spiro atoms. The van der Waals surface area contributed by atoms with Crippen molar-refractivity contribution in [3.63, 3.8) is 0 Å². The molecule has 12 nitrogen and oxygen atoms in total. The molecule has 4 atom stereocenters. The van der Waals surface area contributed by atoms with Gasteiger partial charge in [0.1, 0.15) is 12.2 Å². The average molecular weight is 568 g/mol. The second kappa shape index (κ2) is 10.5. The molecule has 0 bridgehead atoms. The zero-order chi connectivity index (χ0) is 28.2. The summed E-state index contributed by atoms with van der Waals surface area (Å²) in [6.07, 6.45) is -1.50. The number of nitrogens with one attached hydrogen (secondary N) is 1. The zero-order valence-electron chi connectivity index (χ0n) is 23.7. The van der Waals surface area contributed by atoms with E-state index in [2.05, 4.69) is 70.3 Å². The van der Waals surface area contributed by atoms with Crippen LogP contribution in [0.25, 0.3) is 11.2 Å². The highest BCUT2D eigenvalue weighted by Gasteiger charge is 2.62. The van der Waals surface area contributed by atoms with Crippen LogP contribution in [0.15, 0.2) is 11.1 Å². The van der Waals surface area contributed by atoms with Gasteiger partial charge < -0.3 is 28.2 Å². The highest BCUT2D eigenvalue weighted by molar-refractivity contribution is 6.84. The predicted molar refractivity (Wildman–Crippen MR) is 146 cm³/mol. The van der Waals surface area contributed by atoms with Gasteiger partial charge in [-0.25, -0.2) is 4.98 Å². The van der Waals surface area contributed by atoms with Crippen molar-refractivity contribution >= 4 is 40.2 Å². The lowest BCUT2D eigenvalue weighted by atomic mass is 10.1. The first-order valence-electron chi connectivity index (χ1n) is 13.3. The van der Waals surface area contributed by atoms with Gasteiger partial charge in [0.15, 0.2) is 23.5 Å². The number of aromatic nitrogens is 4. The van der Waals surface area contributed by atoms with Crippen LogP contribution in [-0.2, 0) is 27.2 Å². The van der Waals surface area contributed by atoms with Crippen LogP contribution in [0, 0.1) is 0 Å². The normalized spacial score (nSPS) is 27.2. The molecular weight excluding hydrogens is 526 g/mol. The molecule has 2 aliphatic rings. The van der Waals surface area contributed by atoms with E-state index in [1.165, 1.54) is 13.3 Å². The summed E-state index contributed by atoms with van der Waals surface area (Å²) in [4.78, 5) is 35.7. The third-order valence-corrected chi connectivity index (χ3v) is 17.9. The minimum absolute atomic E-state index is 0.0547. The van der Waals surface area contributed by atoms with Gasteiger partial charge >= 0.3 is 23.1 Å². The van der Waals surface area contributed by atoms with E-state index in [9.17, 15) is 9.59 Å². The highest BCUT2D eigenvalue weighted by atomic mass is 28.5. The Hall–Kier alpha value is -2.11. The smallest absolute Gasteiger partial charge is 0.335 e. The second-order valence-electron chi connectivity index (χ2n) is 11.5. The molecule has 14 heteroatoms. The Kier molecular flexibility index (Phi) is 7.96. The molecule has 3 N–H and O–H groups in total. The third-order valence-electron chi connectivity index (χ3n) is 7.64. The molecule has 2 aliphatic heterocycles. The van der Waals surface area contributed by atoms with Gasteiger partial charge in [-0.05, 0) is 22.2 Å². The van der Waals surface area contributed by atoms with E-state index in [0.29, 0.717) is 0 Å². The van der Waals surface area contributed by atoms with Crippen molar-refractivity contribution in [1.82, 2.24) is 19.5 Å². The van der Waals surface area contributed by atoms with E-state index in [4.69, 9.17) is 28.2 Å². The summed E-state index contributed by atoms with van der Waals surface area (Å²) in [6.45, 7) is 18.7. The molecule has 0 aromatic carbocycles. The van der Waals surface area contributed by atoms with Crippen LogP contribution in [0.1, 0.15) is 68.5 Å². The molecule has 212 valence electrons. The largest absolute Gasteiger partial charge is 0.455 e. The fourth-order valence-electron chi connectivity index (χ4n) is 5.79. The van der Waals surface area contributed by atoms with E-state index in [-0.39, 0.29) is 45.9 Å². The summed E-state index contributed by atoms with van der Waals surface area (Å²) in [7, 11) is -5.78. The number of ether oxygens (including phenoxy) is 2. The zero-order valence-corrected chi connectivity index (χ0v) is 25.7. The van der Waals surface area contributed by atoms with E-state index >= 15 is 0 Å². The predicted octanol–water partition coefficient (Wildman–Crippen LogP) is 3.49. The number of imidazole rings is 1. The topological polar surface area (TPSA) is 153 Å². The number of carbonyl (C=O) groups excluding carboxylic acids is 1. The summed E-state index contributed by atoms with van der Waals surface area (Å²) in [5.41, 5.74) is 6.20. The fraction of sp³-hybridized carbons (Fsp3) is 0.750. The molecule has 2 aromatic heterocycles. The Morgan fingerprint density at radius 1 is 1.11 bits per heavy atom. The van der Waals surface area contributed by atoms with E-state index in [1.54, 1.807) is 4.57 Å². The number of esters is 1. The minimum atomic E-state index is -3.00. The number of H-pyrrole nitrogens is 1. The van der Waals surface area contributed by atoms with Crippen LogP contribution in [0.3, 0.4) is 0 Å². The van der Waals surface area contributed by atoms with Crippen LogP contribution in [0.5, 0.6) is 0 Å². The summed E-state index contributed by atoms with van der Waals surface area (Å²) in [5.74, 6) is -0.540. The second-order valence-corrected chi connectivity index (χ2v) is 20.3. The third kappa shape index (κ3) is 4.75. The first-order chi connectivity index (χ1) is 17.7. The Morgan fingerprint density at radius 2 is 1.71 bits per heavy atom. The standard InChI is InChI=1S/C24H41N5O7Si2/c1-12(2)37(13(3)4)32-10-17-19(35-38(36-37,14(5)6)15(7)8)20(33-16(9)30)23(34-17)29-11-26-18-21(29)27-24(25)28-22(18)31/h11-15,17,19-20,23H,10H2,1-9H3,(H3,25,27,28,31)/t17-,19+,20?,23-/m1/s1. The van der Waals surface area contributed by atoms with Crippen molar-refractivity contribution in [3.05, 3.63) is 16.7 Å². The van der Waals surface area contributed by atoms with Crippen LogP contribution >= 0.6 is 0 Å². The summed E-state index contributed by atoms with van der Waals surface area (Å²) >= 11 is 0. The summed E-state index contributed by atoms with van der Waals surface area (Å²) in [6, 6.07) is 0. The monoisotopic (exact) mass is 567 g/mol. The van der Waals surface area contributed by atoms with Crippen LogP contribution in [-0.4, -0.2) is 67.5 Å². The van der Waals surface area contributed by atoms with Crippen molar-refractivity contribution in [2.45, 2.75) is 109 Å². The lowest BCUT2D eigenvalue weighted by Gasteiger charge is -2.51. The van der Waals surface area contributed by atoms with Crippen molar-refractivity contribution in [1.29, 1.82) is 0 Å². The molecule has 0 aliphatic carbocycles. The number of nitrogens with zero attached hydrogens (tertiary/aromatic N) is 3. The van der Waals surface area contributed by atoms with Crippen molar-refractivity contribution in [3.8, 4) is 0 Å². The van der Waals surface area contributed by atoms with Gasteiger partial charge in [0.25, 0.3) is 5.56 Å².